The molecule has 2 N–H and O–H groups in total. The number of nitro benzene ring substituents is 1. The van der Waals surface area contributed by atoms with Crippen molar-refractivity contribution in [1.82, 2.24) is 20.4 Å². The van der Waals surface area contributed by atoms with Crippen molar-refractivity contribution in [2.45, 2.75) is 38.8 Å². The molecule has 2 aliphatic heterocycles. The zero-order valence-electron chi connectivity index (χ0n) is 24.9. The lowest BCUT2D eigenvalue weighted by atomic mass is 9.90. The van der Waals surface area contributed by atoms with E-state index >= 15 is 0 Å². The van der Waals surface area contributed by atoms with Crippen molar-refractivity contribution in [2.75, 3.05) is 26.2 Å². The Labute approximate surface area is 258 Å². The number of nitro groups is 1. The van der Waals surface area contributed by atoms with Gasteiger partial charge in [0.15, 0.2) is 0 Å². The summed E-state index contributed by atoms with van der Waals surface area (Å²) in [5.41, 5.74) is 3.81. The Balaban J connectivity index is 0.952. The monoisotopic (exact) mass is 605 g/mol. The summed E-state index contributed by atoms with van der Waals surface area (Å²) < 4.78 is 0. The van der Waals surface area contributed by atoms with Gasteiger partial charge in [-0.15, -0.1) is 0 Å². The molecular formula is C34H31N5O6. The highest BCUT2D eigenvalue weighted by Gasteiger charge is 2.38. The van der Waals surface area contributed by atoms with Gasteiger partial charge in [0, 0.05) is 77.9 Å². The first-order chi connectivity index (χ1) is 21.7. The number of rotatable bonds is 10. The maximum absolute atomic E-state index is 13.5. The molecule has 0 radical (unpaired) electrons. The zero-order chi connectivity index (χ0) is 31.6. The quantitative estimate of drug-likeness (QED) is 0.120. The SMILES string of the molecule is C[C@H](CNCCNC[C@@H](C)N1C(=O)c2ccc3c4c(ccc(c24)C1=O)CC3)N1C(=O)c2cccc3cc([N+](=O)[O-])cc(c23)C1=O. The number of carbonyl (C=O) groups is 4. The lowest BCUT2D eigenvalue weighted by molar-refractivity contribution is -0.384. The van der Waals surface area contributed by atoms with Gasteiger partial charge in [-0.05, 0) is 66.8 Å². The third-order valence-electron chi connectivity index (χ3n) is 9.21. The van der Waals surface area contributed by atoms with E-state index in [9.17, 15) is 29.3 Å². The number of amides is 4. The van der Waals surface area contributed by atoms with Crippen LogP contribution >= 0.6 is 0 Å². The minimum atomic E-state index is -0.559. The number of benzene rings is 4. The highest BCUT2D eigenvalue weighted by Crippen LogP contribution is 2.39. The van der Waals surface area contributed by atoms with Gasteiger partial charge in [-0.25, -0.2) is 0 Å². The fraction of sp³-hybridized carbons (Fsp3) is 0.294. The van der Waals surface area contributed by atoms with E-state index in [4.69, 9.17) is 0 Å². The fourth-order valence-corrected chi connectivity index (χ4v) is 7.04. The zero-order valence-corrected chi connectivity index (χ0v) is 24.9. The van der Waals surface area contributed by atoms with Crippen LogP contribution in [0.2, 0.25) is 0 Å². The standard InChI is InChI=1S/C34H31N5O6/c1-18(37-32(41)25-10-8-20-6-7-21-9-11-26(33(37)42)30(25)28(20)21)16-35-12-13-36-17-19(2)38-31(40)24-5-3-4-22-14-23(39(44)45)15-27(29(22)24)34(38)43/h3-5,8-11,14-15,18-19,35-36H,6-7,12-13,16-17H2,1-2H3/t18-,19-/m1/s1. The molecule has 0 spiro atoms. The average molecular weight is 606 g/mol. The van der Waals surface area contributed by atoms with Crippen LogP contribution in [0.1, 0.15) is 66.4 Å². The van der Waals surface area contributed by atoms with E-state index < -0.39 is 22.8 Å². The van der Waals surface area contributed by atoms with Gasteiger partial charge in [0.2, 0.25) is 0 Å². The van der Waals surface area contributed by atoms with E-state index in [1.54, 1.807) is 25.1 Å². The minimum absolute atomic E-state index is 0.145. The number of hydrogen-bond donors (Lipinski definition) is 2. The van der Waals surface area contributed by atoms with Crippen molar-refractivity contribution in [3.8, 4) is 0 Å². The summed E-state index contributed by atoms with van der Waals surface area (Å²) in [5, 5.41) is 20.8. The fourth-order valence-electron chi connectivity index (χ4n) is 7.04. The van der Waals surface area contributed by atoms with Crippen molar-refractivity contribution in [1.29, 1.82) is 0 Å². The Bertz CT molecular complexity index is 1930. The molecule has 228 valence electrons. The molecule has 4 aromatic carbocycles. The number of nitrogens with zero attached hydrogens (tertiary/aromatic N) is 3. The lowest BCUT2D eigenvalue weighted by Gasteiger charge is -2.32. The van der Waals surface area contributed by atoms with Gasteiger partial charge in [0.25, 0.3) is 29.3 Å². The van der Waals surface area contributed by atoms with E-state index in [-0.39, 0.29) is 29.1 Å². The first-order valence-corrected chi connectivity index (χ1v) is 15.1. The molecule has 4 aromatic rings. The van der Waals surface area contributed by atoms with Crippen molar-refractivity contribution in [3.63, 3.8) is 0 Å². The molecular weight excluding hydrogens is 574 g/mol. The van der Waals surface area contributed by atoms with Gasteiger partial charge in [-0.2, -0.15) is 0 Å². The number of carbonyl (C=O) groups excluding carboxylic acids is 4. The predicted molar refractivity (Wildman–Crippen MR) is 168 cm³/mol. The van der Waals surface area contributed by atoms with Crippen molar-refractivity contribution < 1.29 is 24.1 Å². The molecule has 0 bridgehead atoms. The molecule has 0 saturated heterocycles. The second-order valence-corrected chi connectivity index (χ2v) is 12.0. The highest BCUT2D eigenvalue weighted by molar-refractivity contribution is 6.27. The van der Waals surface area contributed by atoms with Crippen LogP contribution in [0.15, 0.2) is 54.6 Å². The molecule has 0 saturated carbocycles. The minimum Gasteiger partial charge on any atom is -0.313 e. The molecule has 1 aliphatic carbocycles. The number of non-ortho nitro benzene ring substituents is 1. The summed E-state index contributed by atoms with van der Waals surface area (Å²) in [7, 11) is 0. The normalized spacial score (nSPS) is 16.7. The summed E-state index contributed by atoms with van der Waals surface area (Å²) in [6.07, 6.45) is 1.85. The second kappa shape index (κ2) is 10.9. The Hall–Kier alpha value is -5.00. The largest absolute Gasteiger partial charge is 0.313 e. The van der Waals surface area contributed by atoms with Crippen LogP contribution in [0.3, 0.4) is 0 Å². The third kappa shape index (κ3) is 4.49. The Morgan fingerprint density at radius 1 is 0.689 bits per heavy atom. The summed E-state index contributed by atoms with van der Waals surface area (Å²) >= 11 is 0. The number of imide groups is 2. The van der Waals surface area contributed by atoms with Crippen LogP contribution in [-0.4, -0.2) is 76.6 Å². The van der Waals surface area contributed by atoms with Crippen LogP contribution in [0.4, 0.5) is 5.69 Å². The molecule has 0 unspecified atom stereocenters. The van der Waals surface area contributed by atoms with Gasteiger partial charge in [0.05, 0.1) is 10.5 Å². The van der Waals surface area contributed by atoms with E-state index in [1.165, 1.54) is 28.2 Å². The molecule has 2 atom stereocenters. The molecule has 4 amide bonds. The lowest BCUT2D eigenvalue weighted by Crippen LogP contribution is -2.51. The Morgan fingerprint density at radius 2 is 1.20 bits per heavy atom. The predicted octanol–water partition coefficient (Wildman–Crippen LogP) is 3.85. The van der Waals surface area contributed by atoms with Gasteiger partial charge in [-0.3, -0.25) is 39.1 Å². The molecule has 0 aromatic heterocycles. The molecule has 2 heterocycles. The summed E-state index contributed by atoms with van der Waals surface area (Å²) in [6, 6.07) is 14.4. The highest BCUT2D eigenvalue weighted by atomic mass is 16.6. The van der Waals surface area contributed by atoms with Gasteiger partial charge in [-0.1, -0.05) is 24.3 Å². The number of nitrogens with one attached hydrogen (secondary N) is 2. The van der Waals surface area contributed by atoms with Crippen LogP contribution in [0.5, 0.6) is 0 Å². The summed E-state index contributed by atoms with van der Waals surface area (Å²) in [5.74, 6) is -1.54. The van der Waals surface area contributed by atoms with Crippen LogP contribution < -0.4 is 10.6 Å². The topological polar surface area (TPSA) is 142 Å². The number of aryl methyl sites for hydroxylation is 2. The second-order valence-electron chi connectivity index (χ2n) is 12.0. The van der Waals surface area contributed by atoms with Crippen LogP contribution in [0.25, 0.3) is 21.5 Å². The third-order valence-corrected chi connectivity index (χ3v) is 9.21. The van der Waals surface area contributed by atoms with Gasteiger partial charge in [0.1, 0.15) is 0 Å². The van der Waals surface area contributed by atoms with Crippen molar-refractivity contribution >= 4 is 50.9 Å². The van der Waals surface area contributed by atoms with Crippen LogP contribution in [-0.2, 0) is 12.8 Å². The molecule has 11 nitrogen and oxygen atoms in total. The van der Waals surface area contributed by atoms with Crippen molar-refractivity contribution in [3.05, 3.63) is 98.1 Å². The van der Waals surface area contributed by atoms with E-state index in [0.29, 0.717) is 53.6 Å². The van der Waals surface area contributed by atoms with Gasteiger partial charge < -0.3 is 10.6 Å². The van der Waals surface area contributed by atoms with E-state index in [2.05, 4.69) is 10.6 Å². The molecule has 0 fully saturated rings. The molecule has 11 heteroatoms. The molecule has 7 rings (SSSR count). The van der Waals surface area contributed by atoms with Crippen molar-refractivity contribution in [2.24, 2.45) is 0 Å². The Morgan fingerprint density at radius 3 is 1.73 bits per heavy atom. The van der Waals surface area contributed by atoms with E-state index in [1.807, 2.05) is 31.2 Å². The molecule has 45 heavy (non-hydrogen) atoms. The van der Waals surface area contributed by atoms with E-state index in [0.717, 1.165) is 28.5 Å². The maximum atomic E-state index is 13.5. The maximum Gasteiger partial charge on any atom is 0.270 e. The number of hydrogen-bond acceptors (Lipinski definition) is 8. The molecule has 3 aliphatic rings. The summed E-state index contributed by atoms with van der Waals surface area (Å²) in [6.45, 7) is 5.31. The average Bonchev–Trinajstić information content (AvgIpc) is 3.45. The van der Waals surface area contributed by atoms with Gasteiger partial charge >= 0.3 is 0 Å². The smallest absolute Gasteiger partial charge is 0.270 e. The first kappa shape index (κ1) is 28.8. The Kier molecular flexibility index (Phi) is 6.94. The summed E-state index contributed by atoms with van der Waals surface area (Å²) in [4.78, 5) is 67.1. The first-order valence-electron chi connectivity index (χ1n) is 15.1. The van der Waals surface area contributed by atoms with Crippen LogP contribution in [0, 0.1) is 10.1 Å².